The molecular weight excluding hydrogens is 290 g/mol. The molecule has 21 heavy (non-hydrogen) atoms. The van der Waals surface area contributed by atoms with Gasteiger partial charge in [0.05, 0.1) is 11.7 Å². The number of hydrogen-bond acceptors (Lipinski definition) is 4. The van der Waals surface area contributed by atoms with Gasteiger partial charge in [-0.25, -0.2) is 13.4 Å². The summed E-state index contributed by atoms with van der Waals surface area (Å²) < 4.78 is 27.5. The third kappa shape index (κ3) is 3.26. The fourth-order valence-electron chi connectivity index (χ4n) is 2.85. The molecule has 1 aromatic heterocycles. The van der Waals surface area contributed by atoms with Crippen LogP contribution in [0.5, 0.6) is 0 Å². The number of nitrogens with zero attached hydrogens (tertiary/aromatic N) is 1. The van der Waals surface area contributed by atoms with Crippen LogP contribution in [0.15, 0.2) is 11.2 Å². The number of nitrogens with one attached hydrogen (secondary N) is 3. The van der Waals surface area contributed by atoms with Gasteiger partial charge >= 0.3 is 0 Å². The van der Waals surface area contributed by atoms with Gasteiger partial charge in [0.2, 0.25) is 0 Å². The van der Waals surface area contributed by atoms with E-state index in [1.165, 1.54) is 6.20 Å². The molecule has 0 bridgehead atoms. The Kier molecular flexibility index (Phi) is 4.38. The number of aromatic amines is 1. The van der Waals surface area contributed by atoms with Crippen LogP contribution in [0.2, 0.25) is 0 Å². The van der Waals surface area contributed by atoms with Gasteiger partial charge in [-0.1, -0.05) is 13.3 Å². The predicted octanol–water partition coefficient (Wildman–Crippen LogP) is 1.27. The summed E-state index contributed by atoms with van der Waals surface area (Å²) >= 11 is 0. The van der Waals surface area contributed by atoms with Gasteiger partial charge in [0.15, 0.2) is 5.03 Å². The normalized spacial score (nSPS) is 26.7. The molecule has 0 aromatic carbocycles. The molecule has 1 saturated carbocycles. The van der Waals surface area contributed by atoms with Gasteiger partial charge in [-0.15, -0.1) is 0 Å². The minimum Gasteiger partial charge on any atom is -0.386 e. The summed E-state index contributed by atoms with van der Waals surface area (Å²) in [6, 6.07) is 0. The van der Waals surface area contributed by atoms with E-state index < -0.39 is 15.6 Å². The van der Waals surface area contributed by atoms with Crippen LogP contribution in [-0.4, -0.2) is 29.8 Å². The van der Waals surface area contributed by atoms with E-state index in [1.54, 1.807) is 6.92 Å². The fourth-order valence-corrected chi connectivity index (χ4v) is 4.26. The number of H-pyrrole nitrogens is 1. The lowest BCUT2D eigenvalue weighted by atomic mass is 9.75. The topological polar surface area (TPSA) is 125 Å². The minimum atomic E-state index is -3.76. The molecule has 1 fully saturated rings. The van der Waals surface area contributed by atoms with Crippen LogP contribution in [0.3, 0.4) is 0 Å². The molecule has 1 aliphatic rings. The van der Waals surface area contributed by atoms with Gasteiger partial charge in [-0.05, 0) is 38.5 Å². The zero-order chi connectivity index (χ0) is 15.7. The van der Waals surface area contributed by atoms with Gasteiger partial charge in [-0.3, -0.25) is 5.41 Å². The van der Waals surface area contributed by atoms with E-state index >= 15 is 0 Å². The van der Waals surface area contributed by atoms with E-state index in [-0.39, 0.29) is 10.9 Å². The van der Waals surface area contributed by atoms with Gasteiger partial charge < -0.3 is 10.7 Å². The van der Waals surface area contributed by atoms with Crippen molar-refractivity contribution in [3.8, 4) is 0 Å². The van der Waals surface area contributed by atoms with E-state index in [1.807, 2.05) is 0 Å². The molecule has 1 aliphatic carbocycles. The van der Waals surface area contributed by atoms with Crippen LogP contribution in [0, 0.1) is 18.3 Å². The molecule has 7 nitrogen and oxygen atoms in total. The molecule has 8 heteroatoms. The van der Waals surface area contributed by atoms with Crippen LogP contribution < -0.4 is 10.5 Å². The Morgan fingerprint density at radius 2 is 2.19 bits per heavy atom. The van der Waals surface area contributed by atoms with Gasteiger partial charge in [0.25, 0.3) is 10.0 Å². The standard InChI is InChI=1S/C13H23N5O2S/c1-3-10-4-6-13(7-5-10,12(14)15)18-21(19,20)11-8-16-9(2)17-11/h8,10,18H,3-7H2,1-2H3,(H3,14,15)(H,16,17). The van der Waals surface area contributed by atoms with Crippen molar-refractivity contribution >= 4 is 15.9 Å². The first-order chi connectivity index (χ1) is 9.79. The maximum Gasteiger partial charge on any atom is 0.258 e. The van der Waals surface area contributed by atoms with Gasteiger partial charge in [0.1, 0.15) is 11.7 Å². The van der Waals surface area contributed by atoms with E-state index in [9.17, 15) is 8.42 Å². The molecule has 0 saturated heterocycles. The zero-order valence-electron chi connectivity index (χ0n) is 12.4. The van der Waals surface area contributed by atoms with Crippen LogP contribution in [-0.2, 0) is 10.0 Å². The lowest BCUT2D eigenvalue weighted by molar-refractivity contribution is 0.266. The third-order valence-corrected chi connectivity index (χ3v) is 5.80. The lowest BCUT2D eigenvalue weighted by Gasteiger charge is -2.39. The molecular formula is C13H23N5O2S. The Morgan fingerprint density at radius 1 is 1.57 bits per heavy atom. The lowest BCUT2D eigenvalue weighted by Crippen LogP contribution is -2.58. The summed E-state index contributed by atoms with van der Waals surface area (Å²) in [5.74, 6) is 0.996. The second kappa shape index (κ2) is 5.76. The Morgan fingerprint density at radius 3 is 2.62 bits per heavy atom. The van der Waals surface area contributed by atoms with Gasteiger partial charge in [0, 0.05) is 0 Å². The number of hydrogen-bond donors (Lipinski definition) is 4. The zero-order valence-corrected chi connectivity index (χ0v) is 13.3. The molecule has 0 aliphatic heterocycles. The summed E-state index contributed by atoms with van der Waals surface area (Å²) in [6.45, 7) is 3.81. The van der Waals surface area contributed by atoms with Crippen molar-refractivity contribution in [1.29, 1.82) is 5.41 Å². The van der Waals surface area contributed by atoms with Gasteiger partial charge in [-0.2, -0.15) is 4.72 Å². The number of aryl methyl sites for hydroxylation is 1. The summed E-state index contributed by atoms with van der Waals surface area (Å²) in [4.78, 5) is 6.62. The van der Waals surface area contributed by atoms with Crippen LogP contribution >= 0.6 is 0 Å². The highest BCUT2D eigenvalue weighted by molar-refractivity contribution is 7.89. The van der Waals surface area contributed by atoms with Crippen LogP contribution in [0.25, 0.3) is 0 Å². The number of amidine groups is 1. The Bertz CT molecular complexity index is 614. The second-order valence-corrected chi connectivity index (χ2v) is 7.44. The first-order valence-corrected chi connectivity index (χ1v) is 8.67. The maximum absolute atomic E-state index is 12.4. The summed E-state index contributed by atoms with van der Waals surface area (Å²) in [7, 11) is -3.76. The first kappa shape index (κ1) is 16.0. The molecule has 0 radical (unpaired) electrons. The Labute approximate surface area is 125 Å². The molecule has 1 aromatic rings. The Balaban J connectivity index is 2.23. The van der Waals surface area contributed by atoms with Crippen molar-refractivity contribution in [3.63, 3.8) is 0 Å². The summed E-state index contributed by atoms with van der Waals surface area (Å²) in [5.41, 5.74) is 4.74. The highest BCUT2D eigenvalue weighted by atomic mass is 32.2. The smallest absolute Gasteiger partial charge is 0.258 e. The fraction of sp³-hybridized carbons (Fsp3) is 0.692. The number of nitrogens with two attached hydrogens (primary N) is 1. The molecule has 0 spiro atoms. The largest absolute Gasteiger partial charge is 0.386 e. The number of rotatable bonds is 5. The van der Waals surface area contributed by atoms with Crippen molar-refractivity contribution in [2.75, 3.05) is 0 Å². The monoisotopic (exact) mass is 313 g/mol. The highest BCUT2D eigenvalue weighted by Gasteiger charge is 2.41. The number of aromatic nitrogens is 2. The molecule has 0 atom stereocenters. The first-order valence-electron chi connectivity index (χ1n) is 7.19. The molecule has 5 N–H and O–H groups in total. The minimum absolute atomic E-state index is 0.0123. The molecule has 1 heterocycles. The number of sulfonamides is 1. The average Bonchev–Trinajstić information content (AvgIpc) is 2.86. The van der Waals surface area contributed by atoms with Crippen LogP contribution in [0.1, 0.15) is 44.9 Å². The van der Waals surface area contributed by atoms with Crippen molar-refractivity contribution < 1.29 is 8.42 Å². The Hall–Kier alpha value is -1.41. The SMILES string of the molecule is CCC1CCC(NS(=O)(=O)c2cnc(C)[nH]2)(C(=N)N)CC1. The molecule has 0 amide bonds. The average molecular weight is 313 g/mol. The third-order valence-electron chi connectivity index (χ3n) is 4.35. The summed E-state index contributed by atoms with van der Waals surface area (Å²) in [5, 5.41) is 7.84. The van der Waals surface area contributed by atoms with Crippen LogP contribution in [0.4, 0.5) is 0 Å². The van der Waals surface area contributed by atoms with Crippen molar-refractivity contribution in [1.82, 2.24) is 14.7 Å². The van der Waals surface area contributed by atoms with E-state index in [0.717, 1.165) is 19.3 Å². The molecule has 2 rings (SSSR count). The quantitative estimate of drug-likeness (QED) is 0.482. The predicted molar refractivity (Wildman–Crippen MR) is 80.5 cm³/mol. The second-order valence-electron chi connectivity index (χ2n) is 5.79. The van der Waals surface area contributed by atoms with E-state index in [0.29, 0.717) is 24.6 Å². The number of imidazole rings is 1. The van der Waals surface area contributed by atoms with E-state index in [2.05, 4.69) is 21.6 Å². The van der Waals surface area contributed by atoms with Crippen molar-refractivity contribution in [2.24, 2.45) is 11.7 Å². The molecule has 118 valence electrons. The maximum atomic E-state index is 12.4. The highest BCUT2D eigenvalue weighted by Crippen LogP contribution is 2.34. The van der Waals surface area contributed by atoms with Crippen molar-refractivity contribution in [2.45, 2.75) is 56.5 Å². The van der Waals surface area contributed by atoms with E-state index in [4.69, 9.17) is 11.1 Å². The summed E-state index contributed by atoms with van der Waals surface area (Å²) in [6.07, 6.45) is 5.23. The van der Waals surface area contributed by atoms with Crippen molar-refractivity contribution in [3.05, 3.63) is 12.0 Å². The molecule has 0 unspecified atom stereocenters.